The van der Waals surface area contributed by atoms with E-state index in [1.807, 2.05) is 60.7 Å². The molecule has 3 rings (SSSR count). The summed E-state index contributed by atoms with van der Waals surface area (Å²) in [5, 5.41) is 0. The highest BCUT2D eigenvalue weighted by atomic mass is 16.6. The van der Waals surface area contributed by atoms with Crippen LogP contribution in [0.3, 0.4) is 0 Å². The number of epoxide rings is 1. The predicted octanol–water partition coefficient (Wildman–Crippen LogP) is 2.02. The second-order valence-corrected chi connectivity index (χ2v) is 5.51. The monoisotopic (exact) mass is 297 g/mol. The van der Waals surface area contributed by atoms with Gasteiger partial charge in [0, 0.05) is 6.42 Å². The maximum Gasteiger partial charge on any atom is 0.325 e. The number of nitrogens with two attached hydrogens (primary N) is 1. The van der Waals surface area contributed by atoms with Crippen LogP contribution >= 0.6 is 0 Å². The molecular formula is C18H19NO3. The van der Waals surface area contributed by atoms with Gasteiger partial charge in [-0.2, -0.15) is 0 Å². The molecule has 22 heavy (non-hydrogen) atoms. The number of ether oxygens (including phenoxy) is 2. The molecule has 0 amide bonds. The topological polar surface area (TPSA) is 64.8 Å². The molecule has 114 valence electrons. The lowest BCUT2D eigenvalue weighted by molar-refractivity contribution is -0.142. The highest BCUT2D eigenvalue weighted by Crippen LogP contribution is 2.50. The first-order valence-corrected chi connectivity index (χ1v) is 7.28. The van der Waals surface area contributed by atoms with Crippen LogP contribution in [0.25, 0.3) is 0 Å². The Kier molecular flexibility index (Phi) is 3.96. The Labute approximate surface area is 129 Å². The molecule has 0 saturated carbocycles. The van der Waals surface area contributed by atoms with Crippen molar-refractivity contribution < 1.29 is 14.3 Å². The van der Waals surface area contributed by atoms with E-state index < -0.39 is 17.6 Å². The Bertz CT molecular complexity index is 644. The summed E-state index contributed by atoms with van der Waals surface area (Å²) in [5.74, 6) is -0.448. The minimum absolute atomic E-state index is 0.373. The average molecular weight is 297 g/mol. The fourth-order valence-corrected chi connectivity index (χ4v) is 2.91. The smallest absolute Gasteiger partial charge is 0.325 e. The summed E-state index contributed by atoms with van der Waals surface area (Å²) in [6, 6.07) is 19.2. The van der Waals surface area contributed by atoms with Gasteiger partial charge in [-0.05, 0) is 11.1 Å². The Balaban J connectivity index is 1.90. The van der Waals surface area contributed by atoms with E-state index in [4.69, 9.17) is 15.2 Å². The van der Waals surface area contributed by atoms with Crippen molar-refractivity contribution in [2.75, 3.05) is 7.11 Å². The van der Waals surface area contributed by atoms with E-state index in [9.17, 15) is 4.79 Å². The SMILES string of the molecule is COC(=O)C(N)C1OC1(Cc1ccccc1)c1ccccc1. The number of esters is 1. The van der Waals surface area contributed by atoms with E-state index in [2.05, 4.69) is 0 Å². The van der Waals surface area contributed by atoms with E-state index >= 15 is 0 Å². The van der Waals surface area contributed by atoms with Gasteiger partial charge in [-0.25, -0.2) is 0 Å². The fraction of sp³-hybridized carbons (Fsp3) is 0.278. The predicted molar refractivity (Wildman–Crippen MR) is 83.1 cm³/mol. The van der Waals surface area contributed by atoms with Crippen LogP contribution in [0.5, 0.6) is 0 Å². The normalized spacial score (nSPS) is 24.5. The van der Waals surface area contributed by atoms with Gasteiger partial charge in [-0.3, -0.25) is 4.79 Å². The van der Waals surface area contributed by atoms with Gasteiger partial charge in [0.15, 0.2) is 0 Å². The van der Waals surface area contributed by atoms with E-state index in [0.29, 0.717) is 6.42 Å². The maximum atomic E-state index is 11.7. The molecule has 4 nitrogen and oxygen atoms in total. The minimum atomic E-state index is -0.783. The molecule has 0 aliphatic carbocycles. The molecule has 2 aromatic rings. The number of methoxy groups -OCH3 is 1. The number of hydrogen-bond acceptors (Lipinski definition) is 4. The zero-order chi connectivity index (χ0) is 15.6. The van der Waals surface area contributed by atoms with Gasteiger partial charge < -0.3 is 15.2 Å². The van der Waals surface area contributed by atoms with E-state index in [1.54, 1.807) is 0 Å². The first-order valence-electron chi connectivity index (χ1n) is 7.28. The van der Waals surface area contributed by atoms with Crippen molar-refractivity contribution in [1.82, 2.24) is 0 Å². The van der Waals surface area contributed by atoms with Crippen LogP contribution in [0.1, 0.15) is 11.1 Å². The van der Waals surface area contributed by atoms with Crippen LogP contribution in [-0.2, 0) is 26.3 Å². The third kappa shape index (κ3) is 2.63. The zero-order valence-corrected chi connectivity index (χ0v) is 12.4. The molecule has 3 unspecified atom stereocenters. The van der Waals surface area contributed by atoms with Crippen molar-refractivity contribution in [2.24, 2.45) is 5.73 Å². The summed E-state index contributed by atoms with van der Waals surface area (Å²) in [6.45, 7) is 0. The third-order valence-corrected chi connectivity index (χ3v) is 4.11. The van der Waals surface area contributed by atoms with Crippen LogP contribution < -0.4 is 5.73 Å². The van der Waals surface area contributed by atoms with E-state index in [1.165, 1.54) is 7.11 Å². The molecule has 0 radical (unpaired) electrons. The first-order chi connectivity index (χ1) is 10.7. The highest BCUT2D eigenvalue weighted by molar-refractivity contribution is 5.77. The average Bonchev–Trinajstić information content (AvgIpc) is 3.30. The zero-order valence-electron chi connectivity index (χ0n) is 12.4. The largest absolute Gasteiger partial charge is 0.468 e. The second kappa shape index (κ2) is 5.91. The van der Waals surface area contributed by atoms with Gasteiger partial charge in [-0.1, -0.05) is 60.7 Å². The van der Waals surface area contributed by atoms with Gasteiger partial charge in [-0.15, -0.1) is 0 Å². The minimum Gasteiger partial charge on any atom is -0.468 e. The van der Waals surface area contributed by atoms with Crippen LogP contribution in [0.15, 0.2) is 60.7 Å². The third-order valence-electron chi connectivity index (χ3n) is 4.11. The highest BCUT2D eigenvalue weighted by Gasteiger charge is 2.61. The summed E-state index contributed by atoms with van der Waals surface area (Å²) in [6.07, 6.45) is 0.301. The summed E-state index contributed by atoms with van der Waals surface area (Å²) in [4.78, 5) is 11.7. The Hall–Kier alpha value is -2.17. The van der Waals surface area contributed by atoms with E-state index in [0.717, 1.165) is 11.1 Å². The van der Waals surface area contributed by atoms with Gasteiger partial charge in [0.05, 0.1) is 7.11 Å². The van der Waals surface area contributed by atoms with Gasteiger partial charge in [0.1, 0.15) is 17.7 Å². The van der Waals surface area contributed by atoms with Crippen molar-refractivity contribution in [2.45, 2.75) is 24.2 Å². The van der Waals surface area contributed by atoms with Crippen molar-refractivity contribution in [3.63, 3.8) is 0 Å². The summed E-state index contributed by atoms with van der Waals surface area (Å²) in [5.41, 5.74) is 7.62. The lowest BCUT2D eigenvalue weighted by Gasteiger charge is -2.16. The lowest BCUT2D eigenvalue weighted by atomic mass is 9.86. The molecule has 2 aromatic carbocycles. The van der Waals surface area contributed by atoms with Gasteiger partial charge >= 0.3 is 5.97 Å². The Morgan fingerprint density at radius 2 is 1.77 bits per heavy atom. The molecule has 1 aliphatic heterocycles. The van der Waals surface area contributed by atoms with Crippen molar-refractivity contribution in [3.05, 3.63) is 71.8 Å². The molecule has 0 spiro atoms. The standard InChI is InChI=1S/C18H19NO3/c1-21-17(20)15(19)16-18(22-16,14-10-6-3-7-11-14)12-13-8-4-2-5-9-13/h2-11,15-16H,12,19H2,1H3. The molecule has 3 atom stereocenters. The molecular weight excluding hydrogens is 278 g/mol. The number of carbonyl (C=O) groups is 1. The Morgan fingerprint density at radius 3 is 2.36 bits per heavy atom. The molecule has 0 bridgehead atoms. The molecule has 1 aliphatic rings. The molecule has 1 fully saturated rings. The van der Waals surface area contributed by atoms with Crippen molar-refractivity contribution in [3.8, 4) is 0 Å². The molecule has 2 N–H and O–H groups in total. The lowest BCUT2D eigenvalue weighted by Crippen LogP contribution is -2.40. The van der Waals surface area contributed by atoms with Gasteiger partial charge in [0.25, 0.3) is 0 Å². The van der Waals surface area contributed by atoms with E-state index in [-0.39, 0.29) is 6.10 Å². The second-order valence-electron chi connectivity index (χ2n) is 5.51. The summed E-state index contributed by atoms with van der Waals surface area (Å²) < 4.78 is 10.7. The number of hydrogen-bond donors (Lipinski definition) is 1. The number of carbonyl (C=O) groups excluding carboxylic acids is 1. The molecule has 4 heteroatoms. The quantitative estimate of drug-likeness (QED) is 0.677. The van der Waals surface area contributed by atoms with Crippen LogP contribution in [0.4, 0.5) is 0 Å². The molecule has 1 heterocycles. The van der Waals surface area contributed by atoms with Crippen molar-refractivity contribution in [1.29, 1.82) is 0 Å². The molecule has 1 saturated heterocycles. The van der Waals surface area contributed by atoms with Gasteiger partial charge in [0.2, 0.25) is 0 Å². The number of rotatable bonds is 5. The summed E-state index contributed by atoms with van der Waals surface area (Å²) in [7, 11) is 1.34. The van der Waals surface area contributed by atoms with Crippen LogP contribution in [0, 0.1) is 0 Å². The first kappa shape index (κ1) is 14.8. The summed E-state index contributed by atoms with van der Waals surface area (Å²) >= 11 is 0. The van der Waals surface area contributed by atoms with Crippen LogP contribution in [0.2, 0.25) is 0 Å². The maximum absolute atomic E-state index is 11.7. The number of benzene rings is 2. The molecule has 0 aromatic heterocycles. The van der Waals surface area contributed by atoms with Crippen molar-refractivity contribution >= 4 is 5.97 Å². The van der Waals surface area contributed by atoms with Crippen LogP contribution in [-0.4, -0.2) is 25.2 Å². The Morgan fingerprint density at radius 1 is 1.18 bits per heavy atom. The fourth-order valence-electron chi connectivity index (χ4n) is 2.91.